The van der Waals surface area contributed by atoms with Gasteiger partial charge >= 0.3 is 0 Å². The fraction of sp³-hybridized carbons (Fsp3) is 0.848. The summed E-state index contributed by atoms with van der Waals surface area (Å²) < 4.78 is 22.7. The van der Waals surface area contributed by atoms with Crippen molar-refractivity contribution in [3.05, 3.63) is 23.3 Å². The molecule has 1 saturated heterocycles. The van der Waals surface area contributed by atoms with Crippen molar-refractivity contribution in [3.63, 3.8) is 0 Å². The maximum absolute atomic E-state index is 13.1. The van der Waals surface area contributed by atoms with Crippen molar-refractivity contribution < 1.29 is 18.4 Å². The molecule has 7 atom stereocenters. The van der Waals surface area contributed by atoms with Crippen LogP contribution in [0.4, 0.5) is 0 Å². The van der Waals surface area contributed by atoms with E-state index >= 15 is 0 Å². The molecule has 2 bridgehead atoms. The highest BCUT2D eigenvalue weighted by molar-refractivity contribution is 6.74. The number of allylic oxidation sites excluding steroid dienone is 1. The van der Waals surface area contributed by atoms with Crippen molar-refractivity contribution in [2.24, 2.45) is 11.3 Å². The number of nitrogens with zero attached hydrogens (tertiary/aromatic N) is 1. The zero-order valence-corrected chi connectivity index (χ0v) is 29.0. The highest BCUT2D eigenvalue weighted by atomic mass is 28.4. The fourth-order valence-electron chi connectivity index (χ4n) is 9.49. The Bertz CT molecular complexity index is 1030. The average molecular weight is 588 g/mol. The van der Waals surface area contributed by atoms with Crippen molar-refractivity contribution in [3.8, 4) is 0 Å². The largest absolute Gasteiger partial charge is 0.409 e. The third-order valence-electron chi connectivity index (χ3n) is 12.8. The molecule has 2 heterocycles. The Balaban J connectivity index is 1.67. The van der Waals surface area contributed by atoms with Gasteiger partial charge in [0.1, 0.15) is 5.78 Å². The van der Waals surface area contributed by atoms with Gasteiger partial charge in [0, 0.05) is 23.8 Å². The zero-order chi connectivity index (χ0) is 29.1. The molecule has 5 rings (SSSR count). The molecule has 3 aliphatic carbocycles. The molecular formula is C33H57NO4Si2. The molecule has 2 spiro atoms. The lowest BCUT2D eigenvalue weighted by molar-refractivity contribution is -0.164. The Labute approximate surface area is 246 Å². The molecule has 226 valence electrons. The van der Waals surface area contributed by atoms with E-state index in [1.807, 2.05) is 0 Å². The summed E-state index contributed by atoms with van der Waals surface area (Å²) in [7, 11) is 0.598. The lowest BCUT2D eigenvalue weighted by Crippen LogP contribution is -2.66. The second kappa shape index (κ2) is 10.9. The number of fused-ring (bicyclic) bond motifs is 1. The minimum atomic E-state index is -1.96. The molecule has 0 unspecified atom stereocenters. The molecule has 0 N–H and O–H groups in total. The maximum atomic E-state index is 13.1. The number of carbonyl (C=O) groups excluding carboxylic acids is 1. The molecule has 0 aromatic rings. The predicted molar refractivity (Wildman–Crippen MR) is 169 cm³/mol. The van der Waals surface area contributed by atoms with E-state index in [1.165, 1.54) is 11.1 Å². The summed E-state index contributed by atoms with van der Waals surface area (Å²) in [5.41, 5.74) is 1.78. The number of ketones is 1. The van der Waals surface area contributed by atoms with Gasteiger partial charge in [0.15, 0.2) is 16.6 Å². The fourth-order valence-corrected chi connectivity index (χ4v) is 15.1. The first kappa shape index (κ1) is 30.9. The number of hydrogen-bond donors (Lipinski definition) is 0. The van der Waals surface area contributed by atoms with E-state index in [-0.39, 0.29) is 40.8 Å². The lowest BCUT2D eigenvalue weighted by atomic mass is 9.61. The number of likely N-dealkylation sites (N-methyl/N-ethyl adjacent to an activating group) is 1. The lowest BCUT2D eigenvalue weighted by Gasteiger charge is -2.58. The van der Waals surface area contributed by atoms with Gasteiger partial charge in [0.05, 0.1) is 23.4 Å². The molecule has 5 nitrogen and oxygen atoms in total. The Hall–Kier alpha value is -0.576. The van der Waals surface area contributed by atoms with E-state index in [9.17, 15) is 4.79 Å². The van der Waals surface area contributed by atoms with E-state index in [2.05, 4.69) is 79.6 Å². The first-order chi connectivity index (χ1) is 19.0. The van der Waals surface area contributed by atoms with Gasteiger partial charge in [-0.3, -0.25) is 4.79 Å². The smallest absolute Gasteiger partial charge is 0.193 e. The van der Waals surface area contributed by atoms with Crippen molar-refractivity contribution in [2.75, 3.05) is 14.1 Å². The number of hydrogen-bond acceptors (Lipinski definition) is 5. The molecule has 0 radical (unpaired) electrons. The third kappa shape index (κ3) is 4.38. The van der Waals surface area contributed by atoms with Crippen LogP contribution in [0.15, 0.2) is 23.3 Å². The molecule has 0 aromatic carbocycles. The van der Waals surface area contributed by atoms with Crippen molar-refractivity contribution in [1.29, 1.82) is 0 Å². The molecule has 0 amide bonds. The van der Waals surface area contributed by atoms with E-state index in [4.69, 9.17) is 13.6 Å². The van der Waals surface area contributed by atoms with Gasteiger partial charge in [-0.25, -0.2) is 0 Å². The predicted octanol–water partition coefficient (Wildman–Crippen LogP) is 7.64. The van der Waals surface area contributed by atoms with Gasteiger partial charge in [0.2, 0.25) is 0 Å². The summed E-state index contributed by atoms with van der Waals surface area (Å²) in [6.07, 6.45) is 10.3. The molecule has 40 heavy (non-hydrogen) atoms. The van der Waals surface area contributed by atoms with Crippen LogP contribution >= 0.6 is 0 Å². The maximum Gasteiger partial charge on any atom is 0.193 e. The summed E-state index contributed by atoms with van der Waals surface area (Å²) in [6.45, 7) is 16.3. The minimum absolute atomic E-state index is 0.0223. The van der Waals surface area contributed by atoms with Crippen molar-refractivity contribution in [1.82, 2.24) is 4.90 Å². The Morgan fingerprint density at radius 1 is 0.950 bits per heavy atom. The Morgan fingerprint density at radius 3 is 2.12 bits per heavy atom. The SMILES string of the molecule is CC[Si](CC)(CC)O[C@H]1[C@H](O[Si](CC)(CC)CC)C2=CC3=CC[C@]4(C)C(=O)CC[C@H]4[C@@]34CC[C@]2(C[C@@H]1N(C)C)O4. The average Bonchev–Trinajstić information content (AvgIpc) is 3.44. The van der Waals surface area contributed by atoms with Crippen LogP contribution in [-0.4, -0.2) is 70.9 Å². The number of rotatable bonds is 11. The summed E-state index contributed by atoms with van der Waals surface area (Å²) in [5, 5.41) is 0. The minimum Gasteiger partial charge on any atom is -0.409 e. The Morgan fingerprint density at radius 2 is 1.55 bits per heavy atom. The van der Waals surface area contributed by atoms with Crippen LogP contribution in [0.3, 0.4) is 0 Å². The second-order valence-electron chi connectivity index (χ2n) is 14.2. The van der Waals surface area contributed by atoms with Gasteiger partial charge in [-0.1, -0.05) is 60.6 Å². The second-order valence-corrected chi connectivity index (χ2v) is 23.7. The van der Waals surface area contributed by atoms with Gasteiger partial charge in [-0.15, -0.1) is 0 Å². The molecule has 0 aromatic heterocycles. The molecule has 7 heteroatoms. The Kier molecular flexibility index (Phi) is 8.37. The quantitative estimate of drug-likeness (QED) is 0.233. The molecular weight excluding hydrogens is 531 g/mol. The summed E-state index contributed by atoms with van der Waals surface area (Å²) in [4.78, 5) is 15.5. The van der Waals surface area contributed by atoms with Crippen LogP contribution in [0.1, 0.15) is 87.0 Å². The van der Waals surface area contributed by atoms with Gasteiger partial charge < -0.3 is 18.5 Å². The van der Waals surface area contributed by atoms with Crippen LogP contribution in [0.5, 0.6) is 0 Å². The standard InChI is InChI=1S/C33H57NO4Si2/c1-10-39(11-2,12-3)36-29-25-22-24-18-19-31(7)27(16-17-28(31)35)33(24)21-20-32(25,38-33)23-26(34(8)9)30(29)37-40(13-4,14-5)15-6/h18,22,26-27,29-30H,10-17,19-21,23H2,1-9H3/t26-,27+,29+,30+,31-,32+,33+/m0/s1. The normalized spacial score (nSPS) is 39.1. The number of ether oxygens (including phenoxy) is 1. The topological polar surface area (TPSA) is 48.0 Å². The third-order valence-corrected chi connectivity index (χ3v) is 22.1. The van der Waals surface area contributed by atoms with Crippen LogP contribution in [0.2, 0.25) is 36.3 Å². The van der Waals surface area contributed by atoms with Crippen molar-refractivity contribution in [2.45, 2.75) is 153 Å². The number of carbonyl (C=O) groups is 1. The van der Waals surface area contributed by atoms with E-state index in [0.717, 1.165) is 68.4 Å². The first-order valence-electron chi connectivity index (χ1n) is 16.6. The van der Waals surface area contributed by atoms with Crippen LogP contribution < -0.4 is 0 Å². The summed E-state index contributed by atoms with van der Waals surface area (Å²) >= 11 is 0. The molecule has 3 fully saturated rings. The first-order valence-corrected chi connectivity index (χ1v) is 21.7. The molecule has 5 aliphatic rings. The van der Waals surface area contributed by atoms with Gasteiger partial charge in [-0.2, -0.15) is 0 Å². The summed E-state index contributed by atoms with van der Waals surface area (Å²) in [5.74, 6) is 0.724. The highest BCUT2D eigenvalue weighted by Crippen LogP contribution is 2.66. The van der Waals surface area contributed by atoms with Gasteiger partial charge in [-0.05, 0) is 93.6 Å². The number of Topliss-reactive ketones (excluding diaryl/α,β-unsaturated/α-hetero) is 1. The molecule has 2 saturated carbocycles. The van der Waals surface area contributed by atoms with Crippen LogP contribution in [0.25, 0.3) is 0 Å². The zero-order valence-electron chi connectivity index (χ0n) is 27.0. The van der Waals surface area contributed by atoms with Crippen LogP contribution in [-0.2, 0) is 18.4 Å². The van der Waals surface area contributed by atoms with Gasteiger partial charge in [0.25, 0.3) is 0 Å². The highest BCUT2D eigenvalue weighted by Gasteiger charge is 2.69. The monoisotopic (exact) mass is 587 g/mol. The molecule has 2 aliphatic heterocycles. The van der Waals surface area contributed by atoms with E-state index in [1.54, 1.807) is 0 Å². The summed E-state index contributed by atoms with van der Waals surface area (Å²) in [6, 6.07) is 7.05. The van der Waals surface area contributed by atoms with Crippen molar-refractivity contribution >= 4 is 22.4 Å². The van der Waals surface area contributed by atoms with Crippen LogP contribution in [0, 0.1) is 11.3 Å². The van der Waals surface area contributed by atoms with E-state index < -0.39 is 16.6 Å². The van der Waals surface area contributed by atoms with E-state index in [0.29, 0.717) is 12.2 Å².